The fraction of sp³-hybridized carbons (Fsp3) is 0.345. The topological polar surface area (TPSA) is 65.0 Å². The van der Waals surface area contributed by atoms with E-state index < -0.39 is 11.5 Å². The summed E-state index contributed by atoms with van der Waals surface area (Å²) in [7, 11) is 2.91. The van der Waals surface area contributed by atoms with E-state index in [1.807, 2.05) is 63.2 Å². The van der Waals surface area contributed by atoms with Crippen molar-refractivity contribution in [2.24, 2.45) is 5.41 Å². The number of esters is 1. The third-order valence-electron chi connectivity index (χ3n) is 5.84. The van der Waals surface area contributed by atoms with Gasteiger partial charge in [0.05, 0.1) is 20.3 Å². The Labute approximate surface area is 206 Å². The molecule has 3 aromatic rings. The number of hydrogen-bond acceptors (Lipinski definition) is 5. The molecule has 0 bridgehead atoms. The molecule has 0 radical (unpaired) electrons. The van der Waals surface area contributed by atoms with Crippen LogP contribution < -0.4 is 9.47 Å². The van der Waals surface area contributed by atoms with Crippen LogP contribution in [0.3, 0.4) is 0 Å². The molecule has 0 aliphatic heterocycles. The minimum Gasteiger partial charge on any atom is -0.497 e. The molecule has 35 heavy (non-hydrogen) atoms. The highest BCUT2D eigenvalue weighted by Gasteiger charge is 2.27. The Morgan fingerprint density at radius 3 is 2.40 bits per heavy atom. The fourth-order valence-corrected chi connectivity index (χ4v) is 3.78. The number of carbonyl (C=O) groups is 1. The van der Waals surface area contributed by atoms with Crippen molar-refractivity contribution in [3.63, 3.8) is 0 Å². The number of aliphatic hydroxyl groups is 1. The Balaban J connectivity index is 1.88. The van der Waals surface area contributed by atoms with Crippen LogP contribution in [0.15, 0.2) is 60.7 Å². The number of benzene rings is 3. The molecule has 0 heterocycles. The van der Waals surface area contributed by atoms with Gasteiger partial charge in [-0.25, -0.2) is 4.39 Å². The monoisotopic (exact) mass is 480 g/mol. The summed E-state index contributed by atoms with van der Waals surface area (Å²) >= 11 is 0. The molecule has 3 rings (SSSR count). The Hall–Kier alpha value is -3.38. The summed E-state index contributed by atoms with van der Waals surface area (Å²) < 4.78 is 30.8. The summed E-state index contributed by atoms with van der Waals surface area (Å²) in [5.74, 6) is 0.569. The van der Waals surface area contributed by atoms with E-state index in [2.05, 4.69) is 0 Å². The van der Waals surface area contributed by atoms with Crippen LogP contribution in [0.1, 0.15) is 50.0 Å². The largest absolute Gasteiger partial charge is 0.497 e. The average Bonchev–Trinajstić information content (AvgIpc) is 2.85. The predicted octanol–water partition coefficient (Wildman–Crippen LogP) is 6.27. The Morgan fingerprint density at radius 2 is 1.71 bits per heavy atom. The SMILES string of the molecule is COC(=O)CCc1cccc(OCc2ccc(-c3cc(OC)ccc3F)c(C(O)C(C)(C)C)c2)c1. The van der Waals surface area contributed by atoms with Crippen molar-refractivity contribution < 1.29 is 28.5 Å². The lowest BCUT2D eigenvalue weighted by atomic mass is 9.81. The molecule has 0 aliphatic rings. The number of hydrogen-bond donors (Lipinski definition) is 1. The lowest BCUT2D eigenvalue weighted by molar-refractivity contribution is -0.140. The molecule has 1 N–H and O–H groups in total. The molecule has 3 aromatic carbocycles. The van der Waals surface area contributed by atoms with Crippen molar-refractivity contribution in [3.05, 3.63) is 83.2 Å². The minimum absolute atomic E-state index is 0.256. The van der Waals surface area contributed by atoms with Gasteiger partial charge in [-0.05, 0) is 70.5 Å². The van der Waals surface area contributed by atoms with Crippen LogP contribution in [-0.2, 0) is 22.6 Å². The zero-order valence-electron chi connectivity index (χ0n) is 20.9. The van der Waals surface area contributed by atoms with Crippen LogP contribution in [0, 0.1) is 11.2 Å². The van der Waals surface area contributed by atoms with E-state index in [1.54, 1.807) is 12.1 Å². The molecular weight excluding hydrogens is 447 g/mol. The number of aryl methyl sites for hydroxylation is 1. The first-order valence-corrected chi connectivity index (χ1v) is 11.6. The van der Waals surface area contributed by atoms with E-state index in [4.69, 9.17) is 14.2 Å². The van der Waals surface area contributed by atoms with Crippen LogP contribution >= 0.6 is 0 Å². The van der Waals surface area contributed by atoms with Gasteiger partial charge in [0.25, 0.3) is 0 Å². The van der Waals surface area contributed by atoms with Crippen LogP contribution in [0.5, 0.6) is 11.5 Å². The lowest BCUT2D eigenvalue weighted by Gasteiger charge is -2.28. The van der Waals surface area contributed by atoms with E-state index in [9.17, 15) is 14.3 Å². The molecule has 0 aliphatic carbocycles. The molecule has 186 valence electrons. The summed E-state index contributed by atoms with van der Waals surface area (Å²) in [6.45, 7) is 6.08. The number of aliphatic hydroxyl groups excluding tert-OH is 1. The predicted molar refractivity (Wildman–Crippen MR) is 134 cm³/mol. The van der Waals surface area contributed by atoms with Crippen LogP contribution in [0.25, 0.3) is 11.1 Å². The average molecular weight is 481 g/mol. The normalized spacial score (nSPS) is 12.2. The smallest absolute Gasteiger partial charge is 0.305 e. The third-order valence-corrected chi connectivity index (χ3v) is 5.84. The number of ether oxygens (including phenoxy) is 3. The van der Waals surface area contributed by atoms with Crippen LogP contribution in [-0.4, -0.2) is 25.3 Å². The number of carbonyl (C=O) groups excluding carboxylic acids is 1. The fourth-order valence-electron chi connectivity index (χ4n) is 3.78. The third kappa shape index (κ3) is 6.83. The molecule has 0 amide bonds. The van der Waals surface area contributed by atoms with Gasteiger partial charge in [-0.2, -0.15) is 0 Å². The van der Waals surface area contributed by atoms with Crippen molar-refractivity contribution in [1.29, 1.82) is 0 Å². The first-order chi connectivity index (χ1) is 16.6. The number of rotatable bonds is 9. The number of halogens is 1. The molecule has 0 spiro atoms. The summed E-state index contributed by atoms with van der Waals surface area (Å²) in [4.78, 5) is 11.4. The van der Waals surface area contributed by atoms with Gasteiger partial charge in [0, 0.05) is 12.0 Å². The first kappa shape index (κ1) is 26.2. The Bertz CT molecular complexity index is 1170. The summed E-state index contributed by atoms with van der Waals surface area (Å²) in [5, 5.41) is 11.2. The van der Waals surface area contributed by atoms with Crippen molar-refractivity contribution in [1.82, 2.24) is 0 Å². The van der Waals surface area contributed by atoms with E-state index in [-0.39, 0.29) is 18.4 Å². The molecule has 0 aromatic heterocycles. The molecule has 1 unspecified atom stereocenters. The lowest BCUT2D eigenvalue weighted by Crippen LogP contribution is -2.19. The van der Waals surface area contributed by atoms with Gasteiger partial charge in [0.2, 0.25) is 0 Å². The highest BCUT2D eigenvalue weighted by atomic mass is 19.1. The van der Waals surface area contributed by atoms with Crippen molar-refractivity contribution in [2.45, 2.75) is 46.3 Å². The molecule has 0 saturated carbocycles. The first-order valence-electron chi connectivity index (χ1n) is 11.6. The van der Waals surface area contributed by atoms with Gasteiger partial charge in [-0.3, -0.25) is 4.79 Å². The molecule has 5 nitrogen and oxygen atoms in total. The van der Waals surface area contributed by atoms with Crippen molar-refractivity contribution in [2.75, 3.05) is 14.2 Å². The maximum Gasteiger partial charge on any atom is 0.305 e. The maximum absolute atomic E-state index is 14.8. The highest BCUT2D eigenvalue weighted by molar-refractivity contribution is 5.71. The zero-order valence-corrected chi connectivity index (χ0v) is 20.9. The number of methoxy groups -OCH3 is 2. The summed E-state index contributed by atoms with van der Waals surface area (Å²) in [6.07, 6.45) is 0.0350. The van der Waals surface area contributed by atoms with E-state index in [0.717, 1.165) is 11.1 Å². The quantitative estimate of drug-likeness (QED) is 0.366. The maximum atomic E-state index is 14.8. The van der Waals surface area contributed by atoms with Gasteiger partial charge >= 0.3 is 5.97 Å². The van der Waals surface area contributed by atoms with Crippen molar-refractivity contribution >= 4 is 5.97 Å². The second-order valence-electron chi connectivity index (χ2n) is 9.55. The van der Waals surface area contributed by atoms with Gasteiger partial charge in [0.1, 0.15) is 23.9 Å². The minimum atomic E-state index is -0.829. The van der Waals surface area contributed by atoms with Crippen LogP contribution in [0.2, 0.25) is 0 Å². The van der Waals surface area contributed by atoms with E-state index in [0.29, 0.717) is 41.0 Å². The second-order valence-corrected chi connectivity index (χ2v) is 9.55. The van der Waals surface area contributed by atoms with E-state index in [1.165, 1.54) is 20.3 Å². The molecule has 0 fully saturated rings. The zero-order chi connectivity index (χ0) is 25.6. The second kappa shape index (κ2) is 11.4. The molecular formula is C29H33FO5. The standard InChI is InChI=1S/C29H33FO5/c1-29(2,3)28(32)25-16-20(9-12-23(25)24-17-21(33-4)11-13-26(24)30)18-35-22-8-6-7-19(15-22)10-14-27(31)34-5/h6-9,11-13,15-17,28,32H,10,14,18H2,1-5H3. The van der Waals surface area contributed by atoms with Gasteiger partial charge in [0.15, 0.2) is 0 Å². The molecule has 1 atom stereocenters. The Morgan fingerprint density at radius 1 is 0.943 bits per heavy atom. The van der Waals surface area contributed by atoms with Gasteiger partial charge < -0.3 is 19.3 Å². The summed E-state index contributed by atoms with van der Waals surface area (Å²) in [6, 6.07) is 17.7. The van der Waals surface area contributed by atoms with Gasteiger partial charge in [-0.15, -0.1) is 0 Å². The summed E-state index contributed by atoms with van der Waals surface area (Å²) in [5.41, 5.74) is 2.96. The molecule has 0 saturated heterocycles. The Kier molecular flexibility index (Phi) is 8.52. The highest BCUT2D eigenvalue weighted by Crippen LogP contribution is 2.40. The van der Waals surface area contributed by atoms with Gasteiger partial charge in [-0.1, -0.05) is 45.0 Å². The van der Waals surface area contributed by atoms with Crippen LogP contribution in [0.4, 0.5) is 4.39 Å². The molecule has 6 heteroatoms. The van der Waals surface area contributed by atoms with E-state index >= 15 is 0 Å². The van der Waals surface area contributed by atoms with Crippen molar-refractivity contribution in [3.8, 4) is 22.6 Å².